The molecular formula is C20H21ClN2O2. The third-order valence-corrected chi connectivity index (χ3v) is 5.75. The van der Waals surface area contributed by atoms with Crippen LogP contribution in [0.1, 0.15) is 43.7 Å². The molecule has 1 aliphatic rings. The van der Waals surface area contributed by atoms with E-state index in [1.807, 2.05) is 18.2 Å². The molecule has 4 nitrogen and oxygen atoms in total. The lowest BCUT2D eigenvalue weighted by Gasteiger charge is -2.34. The lowest BCUT2D eigenvalue weighted by atomic mass is 9.78. The van der Waals surface area contributed by atoms with Crippen LogP contribution in [-0.4, -0.2) is 16.9 Å². The average Bonchev–Trinajstić information content (AvgIpc) is 3.00. The lowest BCUT2D eigenvalue weighted by Crippen LogP contribution is -2.43. The summed E-state index contributed by atoms with van der Waals surface area (Å²) in [6.07, 6.45) is 3.42. The van der Waals surface area contributed by atoms with E-state index in [-0.39, 0.29) is 11.9 Å². The first kappa shape index (κ1) is 16.4. The minimum Gasteiger partial charge on any atom is -0.433 e. The highest BCUT2D eigenvalue weighted by molar-refractivity contribution is 6.31. The fraction of sp³-hybridized carbons (Fsp3) is 0.400. The number of carbonyl (C=O) groups excluding carboxylic acids is 1. The van der Waals surface area contributed by atoms with Crippen LogP contribution < -0.4 is 5.32 Å². The smallest absolute Gasteiger partial charge is 0.287 e. The molecule has 2 heterocycles. The summed E-state index contributed by atoms with van der Waals surface area (Å²) in [7, 11) is 0. The lowest BCUT2D eigenvalue weighted by molar-refractivity contribution is 0.0865. The summed E-state index contributed by atoms with van der Waals surface area (Å²) in [6, 6.07) is 9.49. The van der Waals surface area contributed by atoms with E-state index in [1.54, 1.807) is 12.1 Å². The van der Waals surface area contributed by atoms with Gasteiger partial charge in [0.1, 0.15) is 0 Å². The number of rotatable bonds is 2. The third kappa shape index (κ3) is 3.11. The second-order valence-corrected chi connectivity index (χ2v) is 7.61. The number of fused-ring (bicyclic) bond motifs is 2. The molecule has 5 heteroatoms. The fourth-order valence-electron chi connectivity index (χ4n) is 3.74. The minimum atomic E-state index is -0.161. The number of benzene rings is 1. The summed E-state index contributed by atoms with van der Waals surface area (Å²) in [5.41, 5.74) is 1.22. The Morgan fingerprint density at radius 2 is 2.04 bits per heavy atom. The van der Waals surface area contributed by atoms with Gasteiger partial charge in [0.25, 0.3) is 5.91 Å². The zero-order valence-electron chi connectivity index (χ0n) is 14.4. The number of aromatic nitrogens is 1. The van der Waals surface area contributed by atoms with Crippen LogP contribution in [0.3, 0.4) is 0 Å². The van der Waals surface area contributed by atoms with Gasteiger partial charge in [0.2, 0.25) is 5.71 Å². The van der Waals surface area contributed by atoms with Gasteiger partial charge in [-0.25, -0.2) is 4.98 Å². The maximum Gasteiger partial charge on any atom is 0.287 e. The number of hydrogen-bond donors (Lipinski definition) is 1. The van der Waals surface area contributed by atoms with Crippen molar-refractivity contribution in [2.75, 3.05) is 0 Å². The first-order chi connectivity index (χ1) is 12.0. The molecule has 1 fully saturated rings. The van der Waals surface area contributed by atoms with Gasteiger partial charge in [-0.3, -0.25) is 4.79 Å². The molecule has 1 aromatic carbocycles. The Balaban J connectivity index is 1.62. The largest absolute Gasteiger partial charge is 0.433 e. The van der Waals surface area contributed by atoms with Crippen molar-refractivity contribution < 1.29 is 9.21 Å². The van der Waals surface area contributed by atoms with E-state index >= 15 is 0 Å². The zero-order chi connectivity index (χ0) is 17.6. The van der Waals surface area contributed by atoms with Crippen molar-refractivity contribution in [2.45, 2.75) is 39.2 Å². The monoisotopic (exact) mass is 356 g/mol. The summed E-state index contributed by atoms with van der Waals surface area (Å²) in [5, 5.41) is 5.57. The molecule has 3 atom stereocenters. The van der Waals surface area contributed by atoms with Crippen molar-refractivity contribution in [2.24, 2.45) is 11.8 Å². The third-order valence-electron chi connectivity index (χ3n) is 5.51. The van der Waals surface area contributed by atoms with Crippen LogP contribution in [0.5, 0.6) is 0 Å². The zero-order valence-corrected chi connectivity index (χ0v) is 15.1. The summed E-state index contributed by atoms with van der Waals surface area (Å²) >= 11 is 6.02. The number of nitrogens with zero attached hydrogens (tertiary/aromatic N) is 1. The molecule has 0 radical (unpaired) electrons. The van der Waals surface area contributed by atoms with E-state index in [1.165, 1.54) is 6.42 Å². The quantitative estimate of drug-likeness (QED) is 0.687. The molecule has 1 aliphatic carbocycles. The number of hydrogen-bond acceptors (Lipinski definition) is 3. The van der Waals surface area contributed by atoms with Gasteiger partial charge in [-0.15, -0.1) is 0 Å². The van der Waals surface area contributed by atoms with Crippen LogP contribution in [-0.2, 0) is 0 Å². The van der Waals surface area contributed by atoms with Gasteiger partial charge in [-0.2, -0.15) is 0 Å². The van der Waals surface area contributed by atoms with Gasteiger partial charge in [0.15, 0.2) is 5.76 Å². The van der Waals surface area contributed by atoms with Gasteiger partial charge >= 0.3 is 0 Å². The van der Waals surface area contributed by atoms with Crippen LogP contribution in [0.25, 0.3) is 22.0 Å². The van der Waals surface area contributed by atoms with Crippen molar-refractivity contribution in [1.29, 1.82) is 0 Å². The van der Waals surface area contributed by atoms with Gasteiger partial charge in [-0.1, -0.05) is 44.4 Å². The van der Waals surface area contributed by atoms with Crippen molar-refractivity contribution in [3.05, 3.63) is 41.1 Å². The number of furan rings is 1. The van der Waals surface area contributed by atoms with Crippen molar-refractivity contribution in [3.63, 3.8) is 0 Å². The van der Waals surface area contributed by atoms with E-state index in [9.17, 15) is 4.79 Å². The van der Waals surface area contributed by atoms with Crippen LogP contribution in [0, 0.1) is 11.8 Å². The van der Waals surface area contributed by atoms with E-state index in [2.05, 4.69) is 24.1 Å². The predicted molar refractivity (Wildman–Crippen MR) is 100.0 cm³/mol. The van der Waals surface area contributed by atoms with E-state index < -0.39 is 0 Å². The van der Waals surface area contributed by atoms with Gasteiger partial charge in [0, 0.05) is 21.8 Å². The molecule has 1 amide bonds. The molecule has 1 N–H and O–H groups in total. The minimum absolute atomic E-state index is 0.161. The Hall–Kier alpha value is -2.07. The number of carbonyl (C=O) groups is 1. The number of halogens is 1. The normalized spacial score (nSPS) is 23.9. The van der Waals surface area contributed by atoms with E-state index in [0.29, 0.717) is 28.3 Å². The van der Waals surface area contributed by atoms with Crippen molar-refractivity contribution in [3.8, 4) is 0 Å². The predicted octanol–water partition coefficient (Wildman–Crippen LogP) is 5.19. The highest BCUT2D eigenvalue weighted by Crippen LogP contribution is 2.30. The second kappa shape index (κ2) is 6.34. The fourth-order valence-corrected chi connectivity index (χ4v) is 3.90. The maximum absolute atomic E-state index is 12.6. The summed E-state index contributed by atoms with van der Waals surface area (Å²) in [5.74, 6) is 1.26. The van der Waals surface area contributed by atoms with E-state index in [4.69, 9.17) is 16.0 Å². The molecule has 0 spiro atoms. The van der Waals surface area contributed by atoms with Gasteiger partial charge in [-0.05, 0) is 42.5 Å². The molecule has 4 rings (SSSR count). The standard InChI is InChI=1S/C20H21ClN2O2/c1-11-4-3-5-16(12(11)2)22-19(24)18-9-14-8-13-6-7-15(21)10-17(13)23-20(14)25-18/h6-12,16H,3-5H2,1-2H3,(H,22,24). The Labute approximate surface area is 151 Å². The van der Waals surface area contributed by atoms with Crippen molar-refractivity contribution >= 4 is 39.5 Å². The molecule has 130 valence electrons. The molecule has 0 aliphatic heterocycles. The van der Waals surface area contributed by atoms with Gasteiger partial charge in [0.05, 0.1) is 5.52 Å². The SMILES string of the molecule is CC1CCCC(NC(=O)c2cc3cc4ccc(Cl)cc4nc3o2)C1C. The first-order valence-electron chi connectivity index (χ1n) is 8.82. The molecule has 3 aromatic rings. The molecule has 0 bridgehead atoms. The number of pyridine rings is 1. The highest BCUT2D eigenvalue weighted by atomic mass is 35.5. The van der Waals surface area contributed by atoms with Crippen molar-refractivity contribution in [1.82, 2.24) is 10.3 Å². The van der Waals surface area contributed by atoms with Crippen LogP contribution >= 0.6 is 11.6 Å². The maximum atomic E-state index is 12.6. The Kier molecular flexibility index (Phi) is 4.16. The molecule has 3 unspecified atom stereocenters. The van der Waals surface area contributed by atoms with Crippen LogP contribution in [0.15, 0.2) is 34.7 Å². The number of amides is 1. The molecule has 0 saturated heterocycles. The molecule has 25 heavy (non-hydrogen) atoms. The van der Waals surface area contributed by atoms with Crippen LogP contribution in [0.2, 0.25) is 5.02 Å². The van der Waals surface area contributed by atoms with E-state index in [0.717, 1.165) is 29.1 Å². The first-order valence-corrected chi connectivity index (χ1v) is 9.20. The summed E-state index contributed by atoms with van der Waals surface area (Å²) in [4.78, 5) is 17.1. The molecule has 2 aromatic heterocycles. The molecule has 1 saturated carbocycles. The van der Waals surface area contributed by atoms with Gasteiger partial charge < -0.3 is 9.73 Å². The van der Waals surface area contributed by atoms with Crippen LogP contribution in [0.4, 0.5) is 0 Å². The summed E-state index contributed by atoms with van der Waals surface area (Å²) < 4.78 is 5.72. The topological polar surface area (TPSA) is 55.1 Å². The Bertz CT molecular complexity index is 949. The Morgan fingerprint density at radius 1 is 1.20 bits per heavy atom. The average molecular weight is 357 g/mol. The number of nitrogens with one attached hydrogen (secondary N) is 1. The Morgan fingerprint density at radius 3 is 2.88 bits per heavy atom. The highest BCUT2D eigenvalue weighted by Gasteiger charge is 2.29. The second-order valence-electron chi connectivity index (χ2n) is 7.18. The summed E-state index contributed by atoms with van der Waals surface area (Å²) in [6.45, 7) is 4.47. The molecular weight excluding hydrogens is 336 g/mol.